The maximum Gasteiger partial charge on any atom is 0.308 e. The standard InChI is InChI=1S/C18H20FNO2/c1-13-6-8-17(9-7-13)20(11-14(2)18(21)22)12-15-4-3-5-16(19)10-15/h3-10,14H,11-12H2,1-2H3,(H,21,22). The number of carbonyl (C=O) groups is 1. The first kappa shape index (κ1) is 16.0. The van der Waals surface area contributed by atoms with Gasteiger partial charge in [0.2, 0.25) is 0 Å². The van der Waals surface area contributed by atoms with Gasteiger partial charge in [0, 0.05) is 18.8 Å². The summed E-state index contributed by atoms with van der Waals surface area (Å²) in [6.07, 6.45) is 0. The highest BCUT2D eigenvalue weighted by Gasteiger charge is 2.17. The first-order chi connectivity index (χ1) is 10.5. The third-order valence-corrected chi connectivity index (χ3v) is 3.58. The molecule has 116 valence electrons. The first-order valence-corrected chi connectivity index (χ1v) is 7.24. The van der Waals surface area contributed by atoms with Crippen LogP contribution in [0, 0.1) is 18.7 Å². The van der Waals surface area contributed by atoms with Crippen LogP contribution in [0.3, 0.4) is 0 Å². The van der Waals surface area contributed by atoms with Gasteiger partial charge < -0.3 is 10.0 Å². The maximum absolute atomic E-state index is 13.4. The Morgan fingerprint density at radius 2 is 1.91 bits per heavy atom. The van der Waals surface area contributed by atoms with Crippen LogP contribution in [0.15, 0.2) is 48.5 Å². The molecular formula is C18H20FNO2. The molecule has 4 heteroatoms. The molecule has 2 rings (SSSR count). The van der Waals surface area contributed by atoms with Crippen LogP contribution in [0.2, 0.25) is 0 Å². The Morgan fingerprint density at radius 1 is 1.23 bits per heavy atom. The molecule has 0 amide bonds. The fraction of sp³-hybridized carbons (Fsp3) is 0.278. The zero-order valence-electron chi connectivity index (χ0n) is 12.8. The number of rotatable bonds is 6. The van der Waals surface area contributed by atoms with Gasteiger partial charge in [-0.25, -0.2) is 4.39 Å². The molecule has 0 heterocycles. The van der Waals surface area contributed by atoms with Crippen molar-refractivity contribution in [1.29, 1.82) is 0 Å². The van der Waals surface area contributed by atoms with Crippen molar-refractivity contribution in [3.8, 4) is 0 Å². The van der Waals surface area contributed by atoms with Crippen LogP contribution < -0.4 is 4.90 Å². The minimum atomic E-state index is -0.837. The molecule has 1 unspecified atom stereocenters. The normalized spacial score (nSPS) is 12.0. The van der Waals surface area contributed by atoms with E-state index < -0.39 is 11.9 Å². The monoisotopic (exact) mass is 301 g/mol. The summed E-state index contributed by atoms with van der Waals surface area (Å²) in [5, 5.41) is 9.15. The molecule has 0 aliphatic heterocycles. The van der Waals surface area contributed by atoms with E-state index in [1.807, 2.05) is 42.2 Å². The number of aliphatic carboxylic acids is 1. The number of benzene rings is 2. The van der Waals surface area contributed by atoms with E-state index in [4.69, 9.17) is 5.11 Å². The molecule has 0 saturated heterocycles. The fourth-order valence-electron chi connectivity index (χ4n) is 2.28. The molecule has 3 nitrogen and oxygen atoms in total. The third kappa shape index (κ3) is 4.32. The molecule has 0 aromatic heterocycles. The summed E-state index contributed by atoms with van der Waals surface area (Å²) in [5.41, 5.74) is 2.89. The van der Waals surface area contributed by atoms with Gasteiger partial charge in [0.1, 0.15) is 5.82 Å². The zero-order valence-corrected chi connectivity index (χ0v) is 12.8. The van der Waals surface area contributed by atoms with E-state index >= 15 is 0 Å². The highest BCUT2D eigenvalue weighted by Crippen LogP contribution is 2.20. The number of aryl methyl sites for hydroxylation is 1. The summed E-state index contributed by atoms with van der Waals surface area (Å²) < 4.78 is 13.4. The first-order valence-electron chi connectivity index (χ1n) is 7.24. The maximum atomic E-state index is 13.4. The van der Waals surface area contributed by atoms with E-state index in [2.05, 4.69) is 0 Å². The summed E-state index contributed by atoms with van der Waals surface area (Å²) in [5.74, 6) is -1.63. The molecule has 0 bridgehead atoms. The van der Waals surface area contributed by atoms with Crippen molar-refractivity contribution in [2.24, 2.45) is 5.92 Å². The Balaban J connectivity index is 2.24. The van der Waals surface area contributed by atoms with E-state index in [1.165, 1.54) is 12.1 Å². The van der Waals surface area contributed by atoms with E-state index in [9.17, 15) is 9.18 Å². The van der Waals surface area contributed by atoms with Gasteiger partial charge >= 0.3 is 5.97 Å². The van der Waals surface area contributed by atoms with E-state index in [0.717, 1.165) is 16.8 Å². The Labute approximate surface area is 130 Å². The molecule has 0 spiro atoms. The highest BCUT2D eigenvalue weighted by atomic mass is 19.1. The Bertz CT molecular complexity index is 640. The second-order valence-corrected chi connectivity index (χ2v) is 5.59. The van der Waals surface area contributed by atoms with Crippen LogP contribution in [-0.4, -0.2) is 17.6 Å². The number of hydrogen-bond acceptors (Lipinski definition) is 2. The van der Waals surface area contributed by atoms with Gasteiger partial charge in [-0.05, 0) is 36.8 Å². The number of carboxylic acids is 1. The smallest absolute Gasteiger partial charge is 0.308 e. The molecule has 1 atom stereocenters. The summed E-state index contributed by atoms with van der Waals surface area (Å²) in [6, 6.07) is 14.3. The number of halogens is 1. The summed E-state index contributed by atoms with van der Waals surface area (Å²) in [7, 11) is 0. The van der Waals surface area contributed by atoms with Gasteiger partial charge in [-0.3, -0.25) is 4.79 Å². The fourth-order valence-corrected chi connectivity index (χ4v) is 2.28. The molecule has 22 heavy (non-hydrogen) atoms. The molecular weight excluding hydrogens is 281 g/mol. The Hall–Kier alpha value is -2.36. The van der Waals surface area contributed by atoms with Gasteiger partial charge in [-0.15, -0.1) is 0 Å². The van der Waals surface area contributed by atoms with E-state index in [-0.39, 0.29) is 5.82 Å². The number of nitrogens with zero attached hydrogens (tertiary/aromatic N) is 1. The summed E-state index contributed by atoms with van der Waals surface area (Å²) >= 11 is 0. The molecule has 0 radical (unpaired) electrons. The molecule has 2 aromatic carbocycles. The molecule has 0 aliphatic carbocycles. The van der Waals surface area contributed by atoms with Crippen LogP contribution in [-0.2, 0) is 11.3 Å². The predicted octanol–water partition coefficient (Wildman–Crippen LogP) is 3.86. The Kier molecular flexibility index (Phi) is 5.15. The lowest BCUT2D eigenvalue weighted by Crippen LogP contribution is -2.31. The van der Waals surface area contributed by atoms with Crippen LogP contribution in [0.5, 0.6) is 0 Å². The summed E-state index contributed by atoms with van der Waals surface area (Å²) in [4.78, 5) is 13.1. The van der Waals surface area contributed by atoms with Gasteiger partial charge in [0.05, 0.1) is 5.92 Å². The van der Waals surface area contributed by atoms with Crippen molar-refractivity contribution in [3.63, 3.8) is 0 Å². The number of carboxylic acid groups (broad SMARTS) is 1. The molecule has 0 fully saturated rings. The van der Waals surface area contributed by atoms with Gasteiger partial charge in [0.15, 0.2) is 0 Å². The van der Waals surface area contributed by atoms with E-state index in [1.54, 1.807) is 13.0 Å². The molecule has 0 aliphatic rings. The minimum absolute atomic E-state index is 0.285. The van der Waals surface area contributed by atoms with Crippen LogP contribution >= 0.6 is 0 Å². The van der Waals surface area contributed by atoms with Crippen molar-refractivity contribution in [2.45, 2.75) is 20.4 Å². The lowest BCUT2D eigenvalue weighted by atomic mass is 10.1. The third-order valence-electron chi connectivity index (χ3n) is 3.58. The minimum Gasteiger partial charge on any atom is -0.481 e. The predicted molar refractivity (Wildman–Crippen MR) is 85.4 cm³/mol. The lowest BCUT2D eigenvalue weighted by molar-refractivity contribution is -0.140. The molecule has 0 saturated carbocycles. The average Bonchev–Trinajstić information content (AvgIpc) is 2.47. The van der Waals surface area contributed by atoms with E-state index in [0.29, 0.717) is 13.1 Å². The quantitative estimate of drug-likeness (QED) is 0.880. The molecule has 2 aromatic rings. The average molecular weight is 301 g/mol. The highest BCUT2D eigenvalue weighted by molar-refractivity contribution is 5.70. The summed E-state index contributed by atoms with van der Waals surface area (Å²) in [6.45, 7) is 4.52. The second-order valence-electron chi connectivity index (χ2n) is 5.59. The largest absolute Gasteiger partial charge is 0.481 e. The topological polar surface area (TPSA) is 40.5 Å². The number of hydrogen-bond donors (Lipinski definition) is 1. The van der Waals surface area contributed by atoms with Crippen molar-refractivity contribution in [2.75, 3.05) is 11.4 Å². The van der Waals surface area contributed by atoms with Crippen molar-refractivity contribution in [3.05, 3.63) is 65.5 Å². The van der Waals surface area contributed by atoms with Gasteiger partial charge in [0.25, 0.3) is 0 Å². The van der Waals surface area contributed by atoms with Crippen LogP contribution in [0.1, 0.15) is 18.1 Å². The Morgan fingerprint density at radius 3 is 2.50 bits per heavy atom. The van der Waals surface area contributed by atoms with Crippen LogP contribution in [0.25, 0.3) is 0 Å². The zero-order chi connectivity index (χ0) is 16.1. The molecule has 1 N–H and O–H groups in total. The van der Waals surface area contributed by atoms with Crippen molar-refractivity contribution < 1.29 is 14.3 Å². The van der Waals surface area contributed by atoms with Crippen molar-refractivity contribution in [1.82, 2.24) is 0 Å². The second kappa shape index (κ2) is 7.07. The van der Waals surface area contributed by atoms with Crippen LogP contribution in [0.4, 0.5) is 10.1 Å². The lowest BCUT2D eigenvalue weighted by Gasteiger charge is -2.27. The van der Waals surface area contributed by atoms with Gasteiger partial charge in [-0.1, -0.05) is 36.8 Å². The SMILES string of the molecule is Cc1ccc(N(Cc2cccc(F)c2)CC(C)C(=O)O)cc1. The van der Waals surface area contributed by atoms with Gasteiger partial charge in [-0.2, -0.15) is 0 Å². The van der Waals surface area contributed by atoms with Crippen molar-refractivity contribution >= 4 is 11.7 Å². The number of anilines is 1.